The number of anilines is 1. The molecule has 2 aromatic rings. The van der Waals surface area contributed by atoms with Crippen molar-refractivity contribution < 1.29 is 4.79 Å². The molecule has 21 heavy (non-hydrogen) atoms. The minimum Gasteiger partial charge on any atom is -0.338 e. The lowest BCUT2D eigenvalue weighted by molar-refractivity contribution is 0.252. The van der Waals surface area contributed by atoms with E-state index in [1.807, 2.05) is 37.3 Å². The van der Waals surface area contributed by atoms with Crippen molar-refractivity contribution in [1.29, 1.82) is 5.39 Å². The fourth-order valence-electron chi connectivity index (χ4n) is 1.90. The number of aryl methyl sites for hydroxylation is 1. The Morgan fingerprint density at radius 1 is 1.38 bits per heavy atom. The predicted octanol–water partition coefficient (Wildman–Crippen LogP) is 3.20. The van der Waals surface area contributed by atoms with Crippen LogP contribution in [0.25, 0.3) is 10.7 Å². The molecule has 0 fully saturated rings. The van der Waals surface area contributed by atoms with Crippen LogP contribution in [-0.2, 0) is 0 Å². The highest BCUT2D eigenvalue weighted by Crippen LogP contribution is 2.31. The van der Waals surface area contributed by atoms with Gasteiger partial charge in [0.2, 0.25) is 11.2 Å². The second-order valence-electron chi connectivity index (χ2n) is 4.51. The van der Waals surface area contributed by atoms with Crippen molar-refractivity contribution in [3.63, 3.8) is 0 Å². The van der Waals surface area contributed by atoms with Gasteiger partial charge in [0.25, 0.3) is 0 Å². The van der Waals surface area contributed by atoms with Crippen LogP contribution >= 0.6 is 0 Å². The van der Waals surface area contributed by atoms with Gasteiger partial charge in [0, 0.05) is 6.54 Å². The van der Waals surface area contributed by atoms with E-state index in [-0.39, 0.29) is 11.7 Å². The third-order valence-corrected chi connectivity index (χ3v) is 2.90. The summed E-state index contributed by atoms with van der Waals surface area (Å²) in [5.74, 6) is 0.329. The normalized spacial score (nSPS) is 9.95. The molecule has 7 nitrogen and oxygen atoms in total. The maximum absolute atomic E-state index is 11.8. The molecular weight excluding hydrogens is 268 g/mol. The molecule has 0 aliphatic heterocycles. The summed E-state index contributed by atoms with van der Waals surface area (Å²) in [6.07, 6.45) is 0.835. The van der Waals surface area contributed by atoms with E-state index in [2.05, 4.69) is 20.7 Å². The van der Waals surface area contributed by atoms with E-state index in [9.17, 15) is 4.79 Å². The summed E-state index contributed by atoms with van der Waals surface area (Å²) in [6, 6.07) is 8.95. The van der Waals surface area contributed by atoms with Crippen molar-refractivity contribution in [1.82, 2.24) is 15.1 Å². The van der Waals surface area contributed by atoms with Gasteiger partial charge in [0.05, 0.1) is 5.69 Å². The number of nitrogens with zero attached hydrogens (tertiary/aromatic N) is 4. The third-order valence-electron chi connectivity index (χ3n) is 2.90. The molecule has 2 N–H and O–H groups in total. The van der Waals surface area contributed by atoms with Gasteiger partial charge < -0.3 is 5.32 Å². The van der Waals surface area contributed by atoms with Crippen LogP contribution in [-0.4, -0.2) is 22.4 Å². The number of nitrogens with one attached hydrogen (secondary N) is 2. The topological polar surface area (TPSA) is 87.1 Å². The summed E-state index contributed by atoms with van der Waals surface area (Å²) < 4.78 is 1.54. The predicted molar refractivity (Wildman–Crippen MR) is 80.4 cm³/mol. The van der Waals surface area contributed by atoms with Crippen LogP contribution in [0.5, 0.6) is 0 Å². The van der Waals surface area contributed by atoms with Crippen LogP contribution in [0, 0.1) is 12.3 Å². The van der Waals surface area contributed by atoms with Crippen LogP contribution in [0.2, 0.25) is 0 Å². The lowest BCUT2D eigenvalue weighted by Gasteiger charge is -2.07. The summed E-state index contributed by atoms with van der Waals surface area (Å²) in [5.41, 5.74) is 1.53. The Labute approximate surface area is 122 Å². The average Bonchev–Trinajstić information content (AvgIpc) is 2.81. The highest BCUT2D eigenvalue weighted by atomic mass is 16.2. The molecule has 0 unspecified atom stereocenters. The van der Waals surface area contributed by atoms with Gasteiger partial charge in [-0.15, -0.1) is 0 Å². The maximum atomic E-state index is 11.8. The summed E-state index contributed by atoms with van der Waals surface area (Å²) in [6.45, 7) is 4.24. The first-order valence-corrected chi connectivity index (χ1v) is 6.72. The van der Waals surface area contributed by atoms with E-state index in [4.69, 9.17) is 5.39 Å². The van der Waals surface area contributed by atoms with E-state index >= 15 is 0 Å². The van der Waals surface area contributed by atoms with Gasteiger partial charge in [0.15, 0.2) is 10.7 Å². The number of diazo groups is 1. The Bertz CT molecular complexity index is 671. The number of carbonyl (C=O) groups is 1. The SMILES string of the molecule is CCCNC(=O)Nc1c([N+]#N)c(C)nn1-c1ccccc1. The monoisotopic (exact) mass is 285 g/mol. The number of hydrogen-bond acceptors (Lipinski definition) is 3. The molecule has 0 bridgehead atoms. The van der Waals surface area contributed by atoms with Gasteiger partial charge in [-0.25, -0.2) is 9.48 Å². The van der Waals surface area contributed by atoms with E-state index in [1.54, 1.807) is 6.92 Å². The van der Waals surface area contributed by atoms with Crippen molar-refractivity contribution in [2.45, 2.75) is 20.3 Å². The number of aromatic nitrogens is 2. The Morgan fingerprint density at radius 2 is 2.10 bits per heavy atom. The molecule has 2 amide bonds. The second-order valence-corrected chi connectivity index (χ2v) is 4.51. The van der Waals surface area contributed by atoms with Gasteiger partial charge in [0.1, 0.15) is 0 Å². The Balaban J connectivity index is 2.39. The van der Waals surface area contributed by atoms with Crippen molar-refractivity contribution >= 4 is 17.5 Å². The van der Waals surface area contributed by atoms with Crippen LogP contribution < -0.4 is 10.6 Å². The molecule has 0 saturated carbocycles. The van der Waals surface area contributed by atoms with Crippen molar-refractivity contribution in [3.05, 3.63) is 41.0 Å². The first-order valence-electron chi connectivity index (χ1n) is 6.72. The molecule has 2 rings (SSSR count). The molecule has 0 aliphatic rings. The number of benzene rings is 1. The third kappa shape index (κ3) is 3.17. The molecule has 1 heterocycles. The van der Waals surface area contributed by atoms with E-state index in [1.165, 1.54) is 4.68 Å². The Morgan fingerprint density at radius 3 is 2.71 bits per heavy atom. The molecule has 0 atom stereocenters. The minimum atomic E-state index is -0.362. The van der Waals surface area contributed by atoms with Gasteiger partial charge in [-0.05, 0) is 25.5 Å². The number of carbonyl (C=O) groups excluding carboxylic acids is 1. The van der Waals surface area contributed by atoms with Crippen LogP contribution in [0.15, 0.2) is 30.3 Å². The quantitative estimate of drug-likeness (QED) is 0.846. The highest BCUT2D eigenvalue weighted by Gasteiger charge is 2.28. The molecule has 108 valence electrons. The first-order chi connectivity index (χ1) is 10.2. The number of hydrogen-bond donors (Lipinski definition) is 2. The zero-order valence-electron chi connectivity index (χ0n) is 12.0. The molecule has 1 aromatic heterocycles. The first kappa shape index (κ1) is 14.5. The maximum Gasteiger partial charge on any atom is 0.449 e. The molecule has 0 aliphatic carbocycles. The van der Waals surface area contributed by atoms with Crippen LogP contribution in [0.3, 0.4) is 0 Å². The van der Waals surface area contributed by atoms with Crippen LogP contribution in [0.4, 0.5) is 16.3 Å². The standard InChI is InChI=1S/C14H16N6O/c1-3-9-16-14(21)17-13-12(18-15)10(2)19-20(13)11-7-5-4-6-8-11/h4-8H,3,9H2,1-2H3,(H-,16,17,19,21)/p+1. The van der Waals surface area contributed by atoms with Gasteiger partial charge in [-0.1, -0.05) is 25.1 Å². The molecule has 1 aromatic carbocycles. The van der Waals surface area contributed by atoms with Gasteiger partial charge >= 0.3 is 11.7 Å². The van der Waals surface area contributed by atoms with Gasteiger partial charge in [-0.3, -0.25) is 5.32 Å². The summed E-state index contributed by atoms with van der Waals surface area (Å²) in [5, 5.41) is 18.8. The lowest BCUT2D eigenvalue weighted by Crippen LogP contribution is -2.30. The van der Waals surface area contributed by atoms with Crippen molar-refractivity contribution in [3.8, 4) is 5.69 Å². The lowest BCUT2D eigenvalue weighted by atomic mass is 10.3. The second kappa shape index (κ2) is 6.52. The average molecular weight is 285 g/mol. The Hall–Kier alpha value is -2.88. The molecular formula is C14H17N6O+. The molecule has 0 spiro atoms. The fraction of sp³-hybridized carbons (Fsp3) is 0.286. The largest absolute Gasteiger partial charge is 0.449 e. The molecule has 0 radical (unpaired) electrons. The number of rotatable bonds is 4. The molecule has 0 saturated heterocycles. The smallest absolute Gasteiger partial charge is 0.338 e. The van der Waals surface area contributed by atoms with Gasteiger partial charge in [-0.2, -0.15) is 5.10 Å². The summed E-state index contributed by atoms with van der Waals surface area (Å²) in [7, 11) is 0. The van der Waals surface area contributed by atoms with Crippen LogP contribution in [0.1, 0.15) is 19.0 Å². The van der Waals surface area contributed by atoms with Crippen molar-refractivity contribution in [2.75, 3.05) is 11.9 Å². The zero-order chi connectivity index (χ0) is 15.2. The fourth-order valence-corrected chi connectivity index (χ4v) is 1.90. The summed E-state index contributed by atoms with van der Waals surface area (Å²) >= 11 is 0. The molecule has 7 heteroatoms. The van der Waals surface area contributed by atoms with E-state index in [0.717, 1.165) is 12.1 Å². The minimum absolute atomic E-state index is 0.241. The number of urea groups is 1. The summed E-state index contributed by atoms with van der Waals surface area (Å²) in [4.78, 5) is 15.1. The Kier molecular flexibility index (Phi) is 4.51. The van der Waals surface area contributed by atoms with E-state index < -0.39 is 0 Å². The van der Waals surface area contributed by atoms with Crippen molar-refractivity contribution in [2.24, 2.45) is 0 Å². The number of amides is 2. The van der Waals surface area contributed by atoms with E-state index in [0.29, 0.717) is 18.1 Å². The number of para-hydroxylation sites is 1. The zero-order valence-corrected chi connectivity index (χ0v) is 12.0. The highest BCUT2D eigenvalue weighted by molar-refractivity contribution is 5.92.